The molecule has 0 radical (unpaired) electrons. The molecule has 35 heavy (non-hydrogen) atoms. The van der Waals surface area contributed by atoms with Gasteiger partial charge >= 0.3 is 0 Å². The molecule has 0 N–H and O–H groups in total. The molecule has 1 aromatic heterocycles. The van der Waals surface area contributed by atoms with Gasteiger partial charge in [0.25, 0.3) is 5.91 Å². The maximum Gasteiger partial charge on any atom is 0.273 e. The van der Waals surface area contributed by atoms with Crippen LogP contribution >= 0.6 is 23.4 Å². The molecule has 12 heteroatoms. The first-order chi connectivity index (χ1) is 17.1. The van der Waals surface area contributed by atoms with Crippen molar-refractivity contribution >= 4 is 29.3 Å². The highest BCUT2D eigenvalue weighted by Crippen LogP contribution is 2.42. The molecule has 1 aromatic carbocycles. The summed E-state index contributed by atoms with van der Waals surface area (Å²) in [5, 5.41) is 4.43. The number of carbonyl (C=O) groups is 1. The van der Waals surface area contributed by atoms with Crippen molar-refractivity contribution < 1.29 is 23.7 Å². The lowest BCUT2D eigenvalue weighted by molar-refractivity contribution is -0.298. The number of likely N-dealkylation sites (tertiary alicyclic amines) is 1. The second-order valence-electron chi connectivity index (χ2n) is 8.38. The van der Waals surface area contributed by atoms with Crippen LogP contribution in [0.1, 0.15) is 28.8 Å². The fourth-order valence-electron chi connectivity index (χ4n) is 4.35. The maximum atomic E-state index is 12.9. The molecule has 3 saturated heterocycles. The largest absolute Gasteiger partial charge is 0.377 e. The average Bonchev–Trinajstić information content (AvgIpc) is 2.83. The normalized spacial score (nSPS) is 30.1. The molecule has 3 unspecified atom stereocenters. The standard InChI is InChI=1S/C23H24ClN5O5S/c1-31-20-18(27-28-25)19-15(12-32-22(34-19)13-6-3-2-4-7-13)33-23(20)35-16-10-14(24)11-26-17(16)21(30)29-8-5-9-29/h2-4,6-7,10-11,15,18-20,22-23H,5,8-9,12H2,1H3/t15?,18-,19-,20?,22?,23+/m0/s1. The predicted molar refractivity (Wildman–Crippen MR) is 128 cm³/mol. The van der Waals surface area contributed by atoms with Crippen LogP contribution in [0, 0.1) is 0 Å². The summed E-state index contributed by atoms with van der Waals surface area (Å²) in [4.78, 5) is 22.6. The van der Waals surface area contributed by atoms with E-state index in [0.29, 0.717) is 28.7 Å². The Kier molecular flexibility index (Phi) is 7.45. The number of hydrogen-bond acceptors (Lipinski definition) is 8. The Morgan fingerprint density at radius 3 is 2.80 bits per heavy atom. The van der Waals surface area contributed by atoms with E-state index in [9.17, 15) is 10.3 Å². The number of azide groups is 1. The van der Waals surface area contributed by atoms with Crippen molar-refractivity contribution in [3.63, 3.8) is 0 Å². The molecule has 1 amide bonds. The first-order valence-electron chi connectivity index (χ1n) is 11.2. The van der Waals surface area contributed by atoms with E-state index in [0.717, 1.165) is 12.0 Å². The summed E-state index contributed by atoms with van der Waals surface area (Å²) >= 11 is 7.49. The molecule has 10 nitrogen and oxygen atoms in total. The van der Waals surface area contributed by atoms with Gasteiger partial charge in [0.1, 0.15) is 29.4 Å². The highest BCUT2D eigenvalue weighted by atomic mass is 35.5. The maximum absolute atomic E-state index is 12.9. The highest BCUT2D eigenvalue weighted by molar-refractivity contribution is 8.00. The average molecular weight is 518 g/mol. The number of hydrogen-bond donors (Lipinski definition) is 0. The van der Waals surface area contributed by atoms with E-state index in [4.69, 9.17) is 30.5 Å². The number of carbonyl (C=O) groups excluding carboxylic acids is 1. The molecule has 3 aliphatic heterocycles. The Labute approximate surface area is 211 Å². The van der Waals surface area contributed by atoms with Crippen molar-refractivity contribution in [2.75, 3.05) is 26.8 Å². The van der Waals surface area contributed by atoms with E-state index in [-0.39, 0.29) is 12.5 Å². The van der Waals surface area contributed by atoms with Crippen molar-refractivity contribution in [3.05, 3.63) is 69.3 Å². The number of ether oxygens (including phenoxy) is 4. The zero-order valence-corrected chi connectivity index (χ0v) is 20.5. The SMILES string of the molecule is COC1[C@@H](Sc2cc(Cl)cnc2C(=O)N2CCC2)OC2COC(c3ccccc3)O[C@@H]2[C@@H]1N=[N+]=[N-]. The minimum absolute atomic E-state index is 0.153. The van der Waals surface area contributed by atoms with Gasteiger partial charge in [0.2, 0.25) is 0 Å². The summed E-state index contributed by atoms with van der Waals surface area (Å²) in [6.07, 6.45) is 0.0803. The zero-order chi connectivity index (χ0) is 24.4. The van der Waals surface area contributed by atoms with Crippen molar-refractivity contribution in [2.24, 2.45) is 5.11 Å². The van der Waals surface area contributed by atoms with Crippen molar-refractivity contribution in [3.8, 4) is 0 Å². The highest BCUT2D eigenvalue weighted by Gasteiger charge is 2.50. The van der Waals surface area contributed by atoms with Crippen molar-refractivity contribution in [1.29, 1.82) is 0 Å². The van der Waals surface area contributed by atoms with Crippen LogP contribution in [0.15, 0.2) is 52.6 Å². The Hall–Kier alpha value is -2.37. The van der Waals surface area contributed by atoms with Crippen LogP contribution in [-0.2, 0) is 18.9 Å². The molecule has 0 spiro atoms. The van der Waals surface area contributed by atoms with Crippen LogP contribution in [0.3, 0.4) is 0 Å². The van der Waals surface area contributed by atoms with E-state index in [1.54, 1.807) is 11.0 Å². The molecule has 0 bridgehead atoms. The number of thioether (sulfide) groups is 1. The molecule has 3 fully saturated rings. The lowest BCUT2D eigenvalue weighted by Gasteiger charge is -2.47. The number of methoxy groups -OCH3 is 1. The summed E-state index contributed by atoms with van der Waals surface area (Å²) in [7, 11) is 1.53. The van der Waals surface area contributed by atoms with Gasteiger partial charge < -0.3 is 23.8 Å². The fraction of sp³-hybridized carbons (Fsp3) is 0.478. The van der Waals surface area contributed by atoms with Crippen molar-refractivity contribution in [1.82, 2.24) is 9.88 Å². The van der Waals surface area contributed by atoms with E-state index in [1.807, 2.05) is 30.3 Å². The molecular weight excluding hydrogens is 494 g/mol. The fourth-order valence-corrected chi connectivity index (χ4v) is 5.87. The summed E-state index contributed by atoms with van der Waals surface area (Å²) in [5.41, 5.74) is 9.86. The smallest absolute Gasteiger partial charge is 0.273 e. The number of benzene rings is 1. The summed E-state index contributed by atoms with van der Waals surface area (Å²) < 4.78 is 24.3. The number of pyridine rings is 1. The Morgan fingerprint density at radius 2 is 2.11 bits per heavy atom. The van der Waals surface area contributed by atoms with Crippen LogP contribution in [0.2, 0.25) is 5.02 Å². The van der Waals surface area contributed by atoms with Crippen LogP contribution in [-0.4, -0.2) is 72.4 Å². The van der Waals surface area contributed by atoms with Gasteiger partial charge in [-0.1, -0.05) is 58.8 Å². The molecule has 0 aliphatic carbocycles. The molecule has 4 heterocycles. The first kappa shape index (κ1) is 24.3. The summed E-state index contributed by atoms with van der Waals surface area (Å²) in [6.45, 7) is 1.64. The number of halogens is 1. The third-order valence-corrected chi connectivity index (χ3v) is 7.63. The Bertz CT molecular complexity index is 1120. The van der Waals surface area contributed by atoms with E-state index < -0.39 is 36.1 Å². The van der Waals surface area contributed by atoms with Crippen LogP contribution in [0.25, 0.3) is 10.4 Å². The molecule has 3 aliphatic rings. The predicted octanol–water partition coefficient (Wildman–Crippen LogP) is 4.21. The molecule has 2 aromatic rings. The summed E-state index contributed by atoms with van der Waals surface area (Å²) in [5.74, 6) is -0.153. The number of fused-ring (bicyclic) bond motifs is 1. The van der Waals surface area contributed by atoms with Gasteiger partial charge in [0, 0.05) is 41.8 Å². The van der Waals surface area contributed by atoms with Gasteiger partial charge in [0.15, 0.2) is 6.29 Å². The van der Waals surface area contributed by atoms with Crippen molar-refractivity contribution in [2.45, 2.75) is 47.4 Å². The van der Waals surface area contributed by atoms with Crippen LogP contribution in [0.5, 0.6) is 0 Å². The van der Waals surface area contributed by atoms with Crippen LogP contribution in [0.4, 0.5) is 0 Å². The number of aromatic nitrogens is 1. The molecule has 6 atom stereocenters. The molecule has 5 rings (SSSR count). The second kappa shape index (κ2) is 10.7. The summed E-state index contributed by atoms with van der Waals surface area (Å²) in [6, 6.07) is 10.5. The third-order valence-electron chi connectivity index (χ3n) is 6.25. The Morgan fingerprint density at radius 1 is 1.31 bits per heavy atom. The van der Waals surface area contributed by atoms with Gasteiger partial charge in [-0.3, -0.25) is 4.79 Å². The zero-order valence-electron chi connectivity index (χ0n) is 18.9. The lowest BCUT2D eigenvalue weighted by Crippen LogP contribution is -2.60. The number of amides is 1. The second-order valence-corrected chi connectivity index (χ2v) is 9.96. The molecular formula is C23H24ClN5O5S. The monoisotopic (exact) mass is 517 g/mol. The van der Waals surface area contributed by atoms with Gasteiger partial charge in [-0.2, -0.15) is 0 Å². The topological polar surface area (TPSA) is 119 Å². The first-order valence-corrected chi connectivity index (χ1v) is 12.5. The third kappa shape index (κ3) is 4.99. The minimum atomic E-state index is -0.682. The van der Waals surface area contributed by atoms with E-state index in [1.165, 1.54) is 25.1 Å². The molecule has 0 saturated carbocycles. The van der Waals surface area contributed by atoms with E-state index >= 15 is 0 Å². The quantitative estimate of drug-likeness (QED) is 0.320. The molecule has 184 valence electrons. The van der Waals surface area contributed by atoms with Gasteiger partial charge in [-0.15, -0.1) is 0 Å². The Balaban J connectivity index is 1.41. The van der Waals surface area contributed by atoms with Gasteiger partial charge in [0.05, 0.1) is 17.7 Å². The number of nitrogens with zero attached hydrogens (tertiary/aromatic N) is 5. The number of rotatable bonds is 6. The van der Waals surface area contributed by atoms with Gasteiger partial charge in [-0.25, -0.2) is 4.98 Å². The van der Waals surface area contributed by atoms with Gasteiger partial charge in [-0.05, 0) is 18.0 Å². The minimum Gasteiger partial charge on any atom is -0.377 e. The van der Waals surface area contributed by atoms with E-state index in [2.05, 4.69) is 15.0 Å². The van der Waals surface area contributed by atoms with Crippen LogP contribution < -0.4 is 0 Å². The lowest BCUT2D eigenvalue weighted by atomic mass is 9.96.